The molecule has 0 atom stereocenters. The maximum absolute atomic E-state index is 11.2. The second-order valence-corrected chi connectivity index (χ2v) is 5.69. The van der Waals surface area contributed by atoms with Gasteiger partial charge in [0.2, 0.25) is 0 Å². The first-order valence-electron chi connectivity index (χ1n) is 7.16. The number of piperazine rings is 1. The Hall–Kier alpha value is -1.42. The summed E-state index contributed by atoms with van der Waals surface area (Å²) in [4.78, 5) is 20.4. The van der Waals surface area contributed by atoms with Crippen molar-refractivity contribution in [1.29, 1.82) is 0 Å². The molecule has 0 amide bonds. The van der Waals surface area contributed by atoms with Gasteiger partial charge in [0, 0.05) is 39.6 Å². The molecule has 1 saturated carbocycles. The Morgan fingerprint density at radius 3 is 2.53 bits per heavy atom. The lowest BCUT2D eigenvalue weighted by molar-refractivity contribution is 0.101. The Labute approximate surface area is 114 Å². The Balaban J connectivity index is 1.56. The highest BCUT2D eigenvalue weighted by molar-refractivity contribution is 5.92. The summed E-state index contributed by atoms with van der Waals surface area (Å²) >= 11 is 0. The molecule has 0 unspecified atom stereocenters. The van der Waals surface area contributed by atoms with E-state index in [2.05, 4.69) is 14.8 Å². The van der Waals surface area contributed by atoms with Gasteiger partial charge in [-0.2, -0.15) is 0 Å². The molecule has 1 aliphatic heterocycles. The molecule has 1 saturated heterocycles. The first-order valence-corrected chi connectivity index (χ1v) is 7.16. The van der Waals surface area contributed by atoms with Crippen molar-refractivity contribution in [3.8, 4) is 0 Å². The van der Waals surface area contributed by atoms with Gasteiger partial charge in [0.05, 0.1) is 11.9 Å². The van der Waals surface area contributed by atoms with Crippen LogP contribution < -0.4 is 4.90 Å². The summed E-state index contributed by atoms with van der Waals surface area (Å²) in [6, 6.07) is 3.84. The molecule has 102 valence electrons. The molecule has 3 rings (SSSR count). The standard InChI is InChI=1S/C15H21N3O/c1-12(19)15-5-4-14(10-16-15)18-8-6-17(7-9-18)11-13-2-3-13/h4-5,10,13H,2-3,6-9,11H2,1H3. The Morgan fingerprint density at radius 2 is 2.00 bits per heavy atom. The van der Waals surface area contributed by atoms with Crippen LogP contribution >= 0.6 is 0 Å². The average Bonchev–Trinajstić information content (AvgIpc) is 3.24. The summed E-state index contributed by atoms with van der Waals surface area (Å²) in [6.07, 6.45) is 4.68. The summed E-state index contributed by atoms with van der Waals surface area (Å²) in [5, 5.41) is 0. The van der Waals surface area contributed by atoms with Gasteiger partial charge < -0.3 is 4.90 Å². The number of hydrogen-bond acceptors (Lipinski definition) is 4. The number of ketones is 1. The van der Waals surface area contributed by atoms with Gasteiger partial charge in [-0.3, -0.25) is 14.7 Å². The Morgan fingerprint density at radius 1 is 1.26 bits per heavy atom. The lowest BCUT2D eigenvalue weighted by Crippen LogP contribution is -2.47. The van der Waals surface area contributed by atoms with Gasteiger partial charge in [-0.15, -0.1) is 0 Å². The summed E-state index contributed by atoms with van der Waals surface area (Å²) in [7, 11) is 0. The van der Waals surface area contributed by atoms with Crippen molar-refractivity contribution in [2.75, 3.05) is 37.6 Å². The molecule has 0 bridgehead atoms. The van der Waals surface area contributed by atoms with Crippen LogP contribution in [0.3, 0.4) is 0 Å². The van der Waals surface area contributed by atoms with E-state index in [4.69, 9.17) is 0 Å². The molecule has 4 heteroatoms. The van der Waals surface area contributed by atoms with Crippen LogP contribution in [0.15, 0.2) is 18.3 Å². The fraction of sp³-hybridized carbons (Fsp3) is 0.600. The quantitative estimate of drug-likeness (QED) is 0.773. The first-order chi connectivity index (χ1) is 9.22. The molecule has 4 nitrogen and oxygen atoms in total. The minimum atomic E-state index is 0.0285. The van der Waals surface area contributed by atoms with Crippen molar-refractivity contribution in [3.63, 3.8) is 0 Å². The first kappa shape index (κ1) is 12.6. The van der Waals surface area contributed by atoms with Gasteiger partial charge in [-0.25, -0.2) is 0 Å². The lowest BCUT2D eigenvalue weighted by Gasteiger charge is -2.36. The van der Waals surface area contributed by atoms with Crippen molar-refractivity contribution in [3.05, 3.63) is 24.0 Å². The van der Waals surface area contributed by atoms with E-state index in [1.807, 2.05) is 18.3 Å². The number of rotatable bonds is 4. The molecular weight excluding hydrogens is 238 g/mol. The molecule has 2 fully saturated rings. The van der Waals surface area contributed by atoms with Crippen LogP contribution in [0.2, 0.25) is 0 Å². The number of anilines is 1. The zero-order chi connectivity index (χ0) is 13.2. The number of pyridine rings is 1. The normalized spacial score (nSPS) is 20.6. The van der Waals surface area contributed by atoms with E-state index >= 15 is 0 Å². The molecule has 1 aromatic rings. The van der Waals surface area contributed by atoms with Gasteiger partial charge in [-0.05, 0) is 30.9 Å². The molecular formula is C15H21N3O. The number of carbonyl (C=O) groups is 1. The maximum Gasteiger partial charge on any atom is 0.178 e. The zero-order valence-corrected chi connectivity index (χ0v) is 11.5. The van der Waals surface area contributed by atoms with Crippen LogP contribution in [-0.2, 0) is 0 Å². The van der Waals surface area contributed by atoms with Crippen LogP contribution in [0.4, 0.5) is 5.69 Å². The van der Waals surface area contributed by atoms with Crippen molar-refractivity contribution in [2.24, 2.45) is 5.92 Å². The predicted octanol–water partition coefficient (Wildman–Crippen LogP) is 1.82. The third-order valence-electron chi connectivity index (χ3n) is 4.06. The topological polar surface area (TPSA) is 36.4 Å². The molecule has 1 aliphatic carbocycles. The zero-order valence-electron chi connectivity index (χ0n) is 11.5. The van der Waals surface area contributed by atoms with Crippen LogP contribution in [-0.4, -0.2) is 48.4 Å². The van der Waals surface area contributed by atoms with Crippen molar-refractivity contribution >= 4 is 11.5 Å². The molecule has 1 aromatic heterocycles. The summed E-state index contributed by atoms with van der Waals surface area (Å²) in [5.74, 6) is 1.00. The Kier molecular flexibility index (Phi) is 3.51. The number of carbonyl (C=O) groups excluding carboxylic acids is 1. The van der Waals surface area contributed by atoms with Gasteiger partial charge in [0.25, 0.3) is 0 Å². The molecule has 0 spiro atoms. The number of nitrogens with zero attached hydrogens (tertiary/aromatic N) is 3. The SMILES string of the molecule is CC(=O)c1ccc(N2CCN(CC3CC3)CC2)cn1. The smallest absolute Gasteiger partial charge is 0.178 e. The van der Waals surface area contributed by atoms with Crippen LogP contribution in [0.5, 0.6) is 0 Å². The average molecular weight is 259 g/mol. The monoisotopic (exact) mass is 259 g/mol. The van der Waals surface area contributed by atoms with Gasteiger partial charge >= 0.3 is 0 Å². The third kappa shape index (κ3) is 3.13. The van der Waals surface area contributed by atoms with E-state index in [0.717, 1.165) is 37.8 Å². The number of Topliss-reactive ketones (excluding diaryl/α,β-unsaturated/α-hetero) is 1. The van der Waals surface area contributed by atoms with Crippen molar-refractivity contribution in [2.45, 2.75) is 19.8 Å². The van der Waals surface area contributed by atoms with Crippen molar-refractivity contribution in [1.82, 2.24) is 9.88 Å². The highest BCUT2D eigenvalue weighted by Crippen LogP contribution is 2.30. The Bertz CT molecular complexity index is 445. The maximum atomic E-state index is 11.2. The highest BCUT2D eigenvalue weighted by atomic mass is 16.1. The number of hydrogen-bond donors (Lipinski definition) is 0. The second-order valence-electron chi connectivity index (χ2n) is 5.69. The molecule has 19 heavy (non-hydrogen) atoms. The second kappa shape index (κ2) is 5.29. The van der Waals surface area contributed by atoms with Gasteiger partial charge in [-0.1, -0.05) is 0 Å². The molecule has 0 radical (unpaired) electrons. The van der Waals surface area contributed by atoms with E-state index in [1.54, 1.807) is 6.92 Å². The molecule has 0 N–H and O–H groups in total. The number of aromatic nitrogens is 1. The predicted molar refractivity (Wildman–Crippen MR) is 75.6 cm³/mol. The van der Waals surface area contributed by atoms with E-state index in [1.165, 1.54) is 19.4 Å². The fourth-order valence-corrected chi connectivity index (χ4v) is 2.64. The van der Waals surface area contributed by atoms with Gasteiger partial charge in [0.1, 0.15) is 5.69 Å². The molecule has 0 aromatic carbocycles. The summed E-state index contributed by atoms with van der Waals surface area (Å²) in [5.41, 5.74) is 1.69. The third-order valence-corrected chi connectivity index (χ3v) is 4.06. The van der Waals surface area contributed by atoms with Crippen LogP contribution in [0.1, 0.15) is 30.3 Å². The minimum Gasteiger partial charge on any atom is -0.368 e. The van der Waals surface area contributed by atoms with Crippen LogP contribution in [0, 0.1) is 5.92 Å². The summed E-state index contributed by atoms with van der Waals surface area (Å²) in [6.45, 7) is 7.26. The van der Waals surface area contributed by atoms with Crippen LogP contribution in [0.25, 0.3) is 0 Å². The van der Waals surface area contributed by atoms with E-state index in [-0.39, 0.29) is 5.78 Å². The lowest BCUT2D eigenvalue weighted by atomic mass is 10.2. The fourth-order valence-electron chi connectivity index (χ4n) is 2.64. The summed E-state index contributed by atoms with van der Waals surface area (Å²) < 4.78 is 0. The van der Waals surface area contributed by atoms with E-state index in [9.17, 15) is 4.79 Å². The minimum absolute atomic E-state index is 0.0285. The molecule has 2 heterocycles. The van der Waals surface area contributed by atoms with E-state index < -0.39 is 0 Å². The highest BCUT2D eigenvalue weighted by Gasteiger charge is 2.26. The largest absolute Gasteiger partial charge is 0.368 e. The molecule has 2 aliphatic rings. The van der Waals surface area contributed by atoms with Crippen molar-refractivity contribution < 1.29 is 4.79 Å². The van der Waals surface area contributed by atoms with Gasteiger partial charge in [0.15, 0.2) is 5.78 Å². The van der Waals surface area contributed by atoms with E-state index in [0.29, 0.717) is 5.69 Å².